The summed E-state index contributed by atoms with van der Waals surface area (Å²) in [7, 11) is 3.08. The van der Waals surface area contributed by atoms with Gasteiger partial charge in [-0.15, -0.1) is 0 Å². The number of hydrogen-bond donors (Lipinski definition) is 2. The molecule has 0 atom stereocenters. The molecule has 6 nitrogen and oxygen atoms in total. The van der Waals surface area contributed by atoms with Crippen LogP contribution in [0.5, 0.6) is 0 Å². The molecule has 0 saturated heterocycles. The first-order valence-electron chi connectivity index (χ1n) is 5.49. The van der Waals surface area contributed by atoms with Crippen molar-refractivity contribution in [2.24, 2.45) is 0 Å². The lowest BCUT2D eigenvalue weighted by Gasteiger charge is -2.17. The second-order valence-corrected chi connectivity index (χ2v) is 3.84. The highest BCUT2D eigenvalue weighted by atomic mass is 19.1. The fourth-order valence-corrected chi connectivity index (χ4v) is 1.32. The van der Waals surface area contributed by atoms with Gasteiger partial charge in [-0.1, -0.05) is 0 Å². The van der Waals surface area contributed by atoms with E-state index in [2.05, 4.69) is 5.32 Å². The summed E-state index contributed by atoms with van der Waals surface area (Å²) < 4.78 is 18.0. The number of nitrogens with zero attached hydrogens (tertiary/aromatic N) is 1. The van der Waals surface area contributed by atoms with E-state index in [1.54, 1.807) is 7.05 Å². The highest BCUT2D eigenvalue weighted by Crippen LogP contribution is 2.15. The van der Waals surface area contributed by atoms with Gasteiger partial charge in [0.05, 0.1) is 12.2 Å². The van der Waals surface area contributed by atoms with Crippen molar-refractivity contribution in [3.05, 3.63) is 29.6 Å². The van der Waals surface area contributed by atoms with Crippen molar-refractivity contribution in [3.8, 4) is 0 Å². The Labute approximate surface area is 109 Å². The molecule has 2 N–H and O–H groups in total. The van der Waals surface area contributed by atoms with Crippen LogP contribution in [0.4, 0.5) is 14.9 Å². The van der Waals surface area contributed by atoms with Crippen LogP contribution in [-0.4, -0.2) is 49.3 Å². The topological polar surface area (TPSA) is 78.9 Å². The number of rotatable bonds is 5. The molecule has 7 heteroatoms. The molecule has 0 aliphatic heterocycles. The van der Waals surface area contributed by atoms with E-state index in [1.165, 1.54) is 18.1 Å². The van der Waals surface area contributed by atoms with Crippen LogP contribution in [0.25, 0.3) is 0 Å². The third kappa shape index (κ3) is 4.22. The molecule has 1 aromatic rings. The van der Waals surface area contributed by atoms with Gasteiger partial charge in [-0.2, -0.15) is 0 Å². The van der Waals surface area contributed by atoms with Crippen LogP contribution in [0.15, 0.2) is 18.2 Å². The van der Waals surface area contributed by atoms with Crippen LogP contribution in [-0.2, 0) is 4.74 Å². The molecule has 0 radical (unpaired) electrons. The molecule has 0 saturated carbocycles. The van der Waals surface area contributed by atoms with Crippen LogP contribution in [0.3, 0.4) is 0 Å². The Morgan fingerprint density at radius 1 is 1.47 bits per heavy atom. The fraction of sp³-hybridized carbons (Fsp3) is 0.333. The van der Waals surface area contributed by atoms with Crippen LogP contribution >= 0.6 is 0 Å². The van der Waals surface area contributed by atoms with Gasteiger partial charge in [0.1, 0.15) is 5.82 Å². The molecule has 2 amide bonds. The zero-order valence-electron chi connectivity index (χ0n) is 10.6. The molecule has 0 aliphatic rings. The first-order valence-corrected chi connectivity index (χ1v) is 5.49. The molecule has 0 unspecified atom stereocenters. The van der Waals surface area contributed by atoms with E-state index >= 15 is 0 Å². The fourth-order valence-electron chi connectivity index (χ4n) is 1.32. The maximum Gasteiger partial charge on any atom is 0.338 e. The second kappa shape index (κ2) is 6.69. The number of amides is 2. The minimum atomic E-state index is -1.39. The highest BCUT2D eigenvalue weighted by molar-refractivity contribution is 5.93. The van der Waals surface area contributed by atoms with E-state index in [0.717, 1.165) is 12.1 Å². The molecule has 0 aromatic heterocycles. The smallest absolute Gasteiger partial charge is 0.338 e. The standard InChI is InChI=1S/C12H15FN2O4/c1-15(5-6-19-2)12(18)14-8-3-4-10(13)9(7-8)11(16)17/h3-4,7H,5-6H2,1-2H3,(H,14,18)(H,16,17). The van der Waals surface area contributed by atoms with Crippen LogP contribution in [0.1, 0.15) is 10.4 Å². The lowest BCUT2D eigenvalue weighted by atomic mass is 10.2. The van der Waals surface area contributed by atoms with E-state index in [0.29, 0.717) is 13.2 Å². The van der Waals surface area contributed by atoms with Crippen molar-refractivity contribution in [1.82, 2.24) is 4.90 Å². The Morgan fingerprint density at radius 3 is 2.74 bits per heavy atom. The number of aromatic carboxylic acids is 1. The van der Waals surface area contributed by atoms with Crippen molar-refractivity contribution in [3.63, 3.8) is 0 Å². The predicted molar refractivity (Wildman–Crippen MR) is 66.9 cm³/mol. The van der Waals surface area contributed by atoms with Gasteiger partial charge in [0, 0.05) is 26.4 Å². The van der Waals surface area contributed by atoms with Gasteiger partial charge in [0.2, 0.25) is 0 Å². The van der Waals surface area contributed by atoms with Gasteiger partial charge in [0.25, 0.3) is 0 Å². The van der Waals surface area contributed by atoms with E-state index in [4.69, 9.17) is 9.84 Å². The van der Waals surface area contributed by atoms with E-state index < -0.39 is 23.4 Å². The number of benzene rings is 1. The molecule has 0 spiro atoms. The summed E-state index contributed by atoms with van der Waals surface area (Å²) in [6.07, 6.45) is 0. The largest absolute Gasteiger partial charge is 0.478 e. The summed E-state index contributed by atoms with van der Waals surface area (Å²) in [6, 6.07) is 2.93. The highest BCUT2D eigenvalue weighted by Gasteiger charge is 2.13. The Hall–Kier alpha value is -2.15. The van der Waals surface area contributed by atoms with Crippen LogP contribution in [0, 0.1) is 5.82 Å². The number of carboxylic acid groups (broad SMARTS) is 1. The van der Waals surface area contributed by atoms with Gasteiger partial charge < -0.3 is 20.1 Å². The predicted octanol–water partition coefficient (Wildman–Crippen LogP) is 1.63. The SMILES string of the molecule is COCCN(C)C(=O)Nc1ccc(F)c(C(=O)O)c1. The summed E-state index contributed by atoms with van der Waals surface area (Å²) in [5, 5.41) is 11.2. The molecular formula is C12H15FN2O4. The number of likely N-dealkylation sites (N-methyl/N-ethyl adjacent to an activating group) is 1. The number of methoxy groups -OCH3 is 1. The average molecular weight is 270 g/mol. The normalized spacial score (nSPS) is 10.1. The molecule has 0 bridgehead atoms. The van der Waals surface area contributed by atoms with Gasteiger partial charge in [-0.05, 0) is 18.2 Å². The molecule has 0 heterocycles. The third-order valence-corrected chi connectivity index (χ3v) is 2.43. The van der Waals surface area contributed by atoms with Crippen LogP contribution in [0.2, 0.25) is 0 Å². The third-order valence-electron chi connectivity index (χ3n) is 2.43. The number of halogens is 1. The molecule has 1 rings (SSSR count). The van der Waals surface area contributed by atoms with Gasteiger partial charge in [-0.25, -0.2) is 14.0 Å². The number of carbonyl (C=O) groups is 2. The Morgan fingerprint density at radius 2 is 2.16 bits per heavy atom. The lowest BCUT2D eigenvalue weighted by molar-refractivity contribution is 0.0692. The molecule has 104 valence electrons. The maximum atomic E-state index is 13.2. The van der Waals surface area contributed by atoms with Gasteiger partial charge in [0.15, 0.2) is 0 Å². The maximum absolute atomic E-state index is 13.2. The van der Waals surface area contributed by atoms with Crippen molar-refractivity contribution >= 4 is 17.7 Å². The second-order valence-electron chi connectivity index (χ2n) is 3.84. The number of anilines is 1. The minimum Gasteiger partial charge on any atom is -0.478 e. The Bertz CT molecular complexity index is 479. The number of urea groups is 1. The monoisotopic (exact) mass is 270 g/mol. The van der Waals surface area contributed by atoms with E-state index in [-0.39, 0.29) is 5.69 Å². The number of carbonyl (C=O) groups excluding carboxylic acids is 1. The Kier molecular flexibility index (Phi) is 5.25. The van der Waals surface area contributed by atoms with E-state index in [9.17, 15) is 14.0 Å². The number of ether oxygens (including phenoxy) is 1. The van der Waals surface area contributed by atoms with Gasteiger partial charge in [-0.3, -0.25) is 0 Å². The number of nitrogens with one attached hydrogen (secondary N) is 1. The summed E-state index contributed by atoms with van der Waals surface area (Å²) in [5.74, 6) is -2.24. The first kappa shape index (κ1) is 14.9. The molecular weight excluding hydrogens is 255 g/mol. The van der Waals surface area contributed by atoms with Crippen molar-refractivity contribution < 1.29 is 23.8 Å². The zero-order valence-corrected chi connectivity index (χ0v) is 10.6. The molecule has 0 fully saturated rings. The summed E-state index contributed by atoms with van der Waals surface area (Å²) in [5.41, 5.74) is -0.273. The van der Waals surface area contributed by atoms with Crippen molar-refractivity contribution in [2.75, 3.05) is 32.6 Å². The zero-order chi connectivity index (χ0) is 14.4. The molecule has 19 heavy (non-hydrogen) atoms. The number of hydrogen-bond acceptors (Lipinski definition) is 3. The van der Waals surface area contributed by atoms with Crippen molar-refractivity contribution in [1.29, 1.82) is 0 Å². The Balaban J connectivity index is 2.74. The summed E-state index contributed by atoms with van der Waals surface area (Å²) >= 11 is 0. The van der Waals surface area contributed by atoms with Crippen molar-refractivity contribution in [2.45, 2.75) is 0 Å². The molecule has 0 aliphatic carbocycles. The van der Waals surface area contributed by atoms with Gasteiger partial charge >= 0.3 is 12.0 Å². The van der Waals surface area contributed by atoms with Crippen LogP contribution < -0.4 is 5.32 Å². The molecule has 1 aromatic carbocycles. The van der Waals surface area contributed by atoms with E-state index in [1.807, 2.05) is 0 Å². The quantitative estimate of drug-likeness (QED) is 0.852. The minimum absolute atomic E-state index is 0.216. The average Bonchev–Trinajstić information content (AvgIpc) is 2.37. The lowest BCUT2D eigenvalue weighted by Crippen LogP contribution is -2.33. The first-order chi connectivity index (χ1) is 8.95. The summed E-state index contributed by atoms with van der Waals surface area (Å²) in [6.45, 7) is 0.767. The number of carboxylic acids is 1. The summed E-state index contributed by atoms with van der Waals surface area (Å²) in [4.78, 5) is 23.8.